The maximum Gasteiger partial charge on any atom is 0.166 e. The molecule has 1 aromatic carbocycles. The third-order valence-corrected chi connectivity index (χ3v) is 2.34. The van der Waals surface area contributed by atoms with Crippen LogP contribution in [0.1, 0.15) is 32.3 Å². The van der Waals surface area contributed by atoms with E-state index in [1.165, 1.54) is 0 Å². The summed E-state index contributed by atoms with van der Waals surface area (Å²) in [6.07, 6.45) is 2.00. The van der Waals surface area contributed by atoms with Gasteiger partial charge in [-0.2, -0.15) is 0 Å². The van der Waals surface area contributed by atoms with Crippen LogP contribution in [0.3, 0.4) is 0 Å². The van der Waals surface area contributed by atoms with Crippen molar-refractivity contribution < 1.29 is 14.2 Å². The Labute approximate surface area is 104 Å². The summed E-state index contributed by atoms with van der Waals surface area (Å²) in [6, 6.07) is 5.89. The number of para-hydroxylation sites is 1. The van der Waals surface area contributed by atoms with Gasteiger partial charge in [-0.25, -0.2) is 0 Å². The number of rotatable bonds is 8. The van der Waals surface area contributed by atoms with Gasteiger partial charge in [0.1, 0.15) is 0 Å². The lowest BCUT2D eigenvalue weighted by Gasteiger charge is -2.14. The van der Waals surface area contributed by atoms with Crippen molar-refractivity contribution in [1.29, 1.82) is 0 Å². The zero-order chi connectivity index (χ0) is 12.5. The van der Waals surface area contributed by atoms with Crippen molar-refractivity contribution in [1.82, 2.24) is 0 Å². The summed E-state index contributed by atoms with van der Waals surface area (Å²) >= 11 is 0. The average molecular weight is 238 g/mol. The van der Waals surface area contributed by atoms with Crippen LogP contribution in [-0.2, 0) is 11.3 Å². The van der Waals surface area contributed by atoms with Crippen molar-refractivity contribution in [3.8, 4) is 11.5 Å². The second kappa shape index (κ2) is 7.96. The number of hydrogen-bond donors (Lipinski definition) is 0. The van der Waals surface area contributed by atoms with E-state index in [9.17, 15) is 0 Å². The molecule has 0 heterocycles. The van der Waals surface area contributed by atoms with E-state index in [1.54, 1.807) is 7.11 Å². The zero-order valence-electron chi connectivity index (χ0n) is 11.0. The molecule has 0 spiro atoms. The number of methoxy groups -OCH3 is 1. The number of benzene rings is 1. The molecular formula is C14H22O3. The van der Waals surface area contributed by atoms with Crippen LogP contribution >= 0.6 is 0 Å². The first-order valence-electron chi connectivity index (χ1n) is 6.19. The molecule has 96 valence electrons. The van der Waals surface area contributed by atoms with Gasteiger partial charge in [-0.15, -0.1) is 0 Å². The Morgan fingerprint density at radius 3 is 2.47 bits per heavy atom. The van der Waals surface area contributed by atoms with Gasteiger partial charge in [-0.1, -0.05) is 26.0 Å². The third kappa shape index (κ3) is 4.27. The van der Waals surface area contributed by atoms with Gasteiger partial charge in [0, 0.05) is 12.2 Å². The zero-order valence-corrected chi connectivity index (χ0v) is 11.0. The van der Waals surface area contributed by atoms with E-state index in [2.05, 4.69) is 13.8 Å². The Morgan fingerprint density at radius 1 is 1.06 bits per heavy atom. The molecule has 0 aliphatic heterocycles. The van der Waals surface area contributed by atoms with E-state index in [-0.39, 0.29) is 0 Å². The minimum Gasteiger partial charge on any atom is -0.493 e. The predicted octanol–water partition coefficient (Wildman–Crippen LogP) is 3.41. The number of hydrogen-bond acceptors (Lipinski definition) is 3. The van der Waals surface area contributed by atoms with E-state index in [4.69, 9.17) is 14.2 Å². The minimum atomic E-state index is 0.573. The predicted molar refractivity (Wildman–Crippen MR) is 68.7 cm³/mol. The van der Waals surface area contributed by atoms with Gasteiger partial charge < -0.3 is 14.2 Å². The molecule has 0 fully saturated rings. The van der Waals surface area contributed by atoms with E-state index in [0.29, 0.717) is 13.2 Å². The molecule has 0 atom stereocenters. The van der Waals surface area contributed by atoms with Gasteiger partial charge in [0.15, 0.2) is 11.5 Å². The highest BCUT2D eigenvalue weighted by atomic mass is 16.5. The lowest BCUT2D eigenvalue weighted by atomic mass is 10.2. The molecule has 0 bridgehead atoms. The molecule has 0 unspecified atom stereocenters. The summed E-state index contributed by atoms with van der Waals surface area (Å²) in [5.41, 5.74) is 1.05. The Hall–Kier alpha value is -1.22. The largest absolute Gasteiger partial charge is 0.493 e. The normalized spacial score (nSPS) is 10.3. The van der Waals surface area contributed by atoms with Crippen LogP contribution < -0.4 is 9.47 Å². The third-order valence-electron chi connectivity index (χ3n) is 2.34. The molecule has 3 heteroatoms. The van der Waals surface area contributed by atoms with Gasteiger partial charge in [-0.3, -0.25) is 0 Å². The van der Waals surface area contributed by atoms with E-state index in [1.807, 2.05) is 18.2 Å². The van der Waals surface area contributed by atoms with E-state index < -0.39 is 0 Å². The summed E-state index contributed by atoms with van der Waals surface area (Å²) in [6.45, 7) is 6.22. The van der Waals surface area contributed by atoms with Gasteiger partial charge in [0.25, 0.3) is 0 Å². The van der Waals surface area contributed by atoms with Crippen LogP contribution in [0.25, 0.3) is 0 Å². The Kier molecular flexibility index (Phi) is 6.48. The highest BCUT2D eigenvalue weighted by Crippen LogP contribution is 2.31. The van der Waals surface area contributed by atoms with Crippen LogP contribution in [0.4, 0.5) is 0 Å². The van der Waals surface area contributed by atoms with Crippen LogP contribution in [0.15, 0.2) is 18.2 Å². The van der Waals surface area contributed by atoms with Crippen LogP contribution in [-0.4, -0.2) is 20.3 Å². The summed E-state index contributed by atoms with van der Waals surface area (Å²) in [7, 11) is 1.66. The molecule has 17 heavy (non-hydrogen) atoms. The van der Waals surface area contributed by atoms with Crippen LogP contribution in [0, 0.1) is 0 Å². The summed E-state index contributed by atoms with van der Waals surface area (Å²) in [5.74, 6) is 1.59. The molecular weight excluding hydrogens is 216 g/mol. The van der Waals surface area contributed by atoms with Crippen molar-refractivity contribution in [3.05, 3.63) is 23.8 Å². The minimum absolute atomic E-state index is 0.573. The molecule has 0 N–H and O–H groups in total. The average Bonchev–Trinajstić information content (AvgIpc) is 2.37. The first kappa shape index (κ1) is 13.8. The molecule has 0 aliphatic rings. The fourth-order valence-corrected chi connectivity index (χ4v) is 1.53. The smallest absolute Gasteiger partial charge is 0.166 e. The maximum absolute atomic E-state index is 5.73. The van der Waals surface area contributed by atoms with Gasteiger partial charge in [0.05, 0.1) is 20.3 Å². The first-order valence-corrected chi connectivity index (χ1v) is 6.19. The molecule has 0 aliphatic carbocycles. The highest BCUT2D eigenvalue weighted by Gasteiger charge is 2.10. The maximum atomic E-state index is 5.73. The summed E-state index contributed by atoms with van der Waals surface area (Å²) in [5, 5.41) is 0. The SMILES string of the molecule is CCCOCc1cccc(OC)c1OCCC. The summed E-state index contributed by atoms with van der Waals surface area (Å²) in [4.78, 5) is 0. The van der Waals surface area contributed by atoms with E-state index >= 15 is 0 Å². The molecule has 1 aromatic rings. The van der Waals surface area contributed by atoms with Crippen molar-refractivity contribution in [2.75, 3.05) is 20.3 Å². The fraction of sp³-hybridized carbons (Fsp3) is 0.571. The molecule has 0 saturated carbocycles. The van der Waals surface area contributed by atoms with Crippen molar-refractivity contribution in [2.24, 2.45) is 0 Å². The standard InChI is InChI=1S/C14H22O3/c1-4-9-16-11-12-7-6-8-13(15-3)14(12)17-10-5-2/h6-8H,4-5,9-11H2,1-3H3. The fourth-order valence-electron chi connectivity index (χ4n) is 1.53. The highest BCUT2D eigenvalue weighted by molar-refractivity contribution is 5.46. The van der Waals surface area contributed by atoms with Gasteiger partial charge >= 0.3 is 0 Å². The van der Waals surface area contributed by atoms with Crippen molar-refractivity contribution in [3.63, 3.8) is 0 Å². The first-order chi connectivity index (χ1) is 8.33. The topological polar surface area (TPSA) is 27.7 Å². The second-order valence-corrected chi connectivity index (χ2v) is 3.85. The molecule has 0 saturated heterocycles. The lowest BCUT2D eigenvalue weighted by Crippen LogP contribution is -2.03. The second-order valence-electron chi connectivity index (χ2n) is 3.85. The lowest BCUT2D eigenvalue weighted by molar-refractivity contribution is 0.118. The van der Waals surface area contributed by atoms with Crippen molar-refractivity contribution in [2.45, 2.75) is 33.3 Å². The molecule has 1 rings (SSSR count). The number of ether oxygens (including phenoxy) is 3. The molecule has 0 amide bonds. The Balaban J connectivity index is 2.77. The Bertz CT molecular complexity index is 323. The quantitative estimate of drug-likeness (QED) is 0.649. The van der Waals surface area contributed by atoms with E-state index in [0.717, 1.165) is 36.5 Å². The molecule has 3 nitrogen and oxygen atoms in total. The molecule has 0 radical (unpaired) electrons. The van der Waals surface area contributed by atoms with Gasteiger partial charge in [0.2, 0.25) is 0 Å². The summed E-state index contributed by atoms with van der Waals surface area (Å²) < 4.78 is 16.6. The van der Waals surface area contributed by atoms with Crippen LogP contribution in [0.5, 0.6) is 11.5 Å². The van der Waals surface area contributed by atoms with Gasteiger partial charge in [-0.05, 0) is 18.9 Å². The van der Waals surface area contributed by atoms with Crippen LogP contribution in [0.2, 0.25) is 0 Å². The molecule has 0 aromatic heterocycles. The van der Waals surface area contributed by atoms with Crippen molar-refractivity contribution >= 4 is 0 Å². The Morgan fingerprint density at radius 2 is 1.82 bits per heavy atom. The monoisotopic (exact) mass is 238 g/mol.